The van der Waals surface area contributed by atoms with Gasteiger partial charge < -0.3 is 4.90 Å². The van der Waals surface area contributed by atoms with Crippen molar-refractivity contribution in [3.8, 4) is 0 Å². The molecule has 92 valence electrons. The summed E-state index contributed by atoms with van der Waals surface area (Å²) < 4.78 is 0. The molecule has 0 N–H and O–H groups in total. The van der Waals surface area contributed by atoms with Crippen molar-refractivity contribution in [2.24, 2.45) is 0 Å². The van der Waals surface area contributed by atoms with Gasteiger partial charge in [-0.05, 0) is 17.7 Å². The Labute approximate surface area is 99.5 Å². The molecule has 0 radical (unpaired) electrons. The SMILES string of the molecule is CC.CC.CC(=O)N(C)Cc1ccncc1. The van der Waals surface area contributed by atoms with Gasteiger partial charge in [-0.15, -0.1) is 0 Å². The summed E-state index contributed by atoms with van der Waals surface area (Å²) in [6.45, 7) is 10.2. The van der Waals surface area contributed by atoms with Gasteiger partial charge in [-0.3, -0.25) is 9.78 Å². The van der Waals surface area contributed by atoms with Crippen molar-refractivity contribution in [2.75, 3.05) is 7.05 Å². The summed E-state index contributed by atoms with van der Waals surface area (Å²) in [5.74, 6) is 0.0758. The van der Waals surface area contributed by atoms with Crippen LogP contribution in [0.1, 0.15) is 40.2 Å². The Morgan fingerprint density at radius 2 is 1.62 bits per heavy atom. The first-order chi connectivity index (χ1) is 7.70. The van der Waals surface area contributed by atoms with E-state index in [4.69, 9.17) is 0 Å². The molecule has 0 unspecified atom stereocenters. The second-order valence-corrected chi connectivity index (χ2v) is 2.73. The fraction of sp³-hybridized carbons (Fsp3) is 0.538. The van der Waals surface area contributed by atoms with Crippen molar-refractivity contribution >= 4 is 5.91 Å². The highest BCUT2D eigenvalue weighted by Crippen LogP contribution is 2.00. The molecule has 3 nitrogen and oxygen atoms in total. The van der Waals surface area contributed by atoms with E-state index in [1.165, 1.54) is 0 Å². The number of nitrogens with zero attached hydrogens (tertiary/aromatic N) is 2. The molecule has 1 aromatic heterocycles. The first-order valence-electron chi connectivity index (χ1n) is 5.81. The Morgan fingerprint density at radius 3 is 2.00 bits per heavy atom. The second kappa shape index (κ2) is 11.7. The Bertz CT molecular complexity index is 260. The quantitative estimate of drug-likeness (QED) is 0.773. The molecule has 0 aromatic carbocycles. The minimum Gasteiger partial charge on any atom is -0.342 e. The van der Waals surface area contributed by atoms with Gasteiger partial charge in [0.05, 0.1) is 0 Å². The van der Waals surface area contributed by atoms with Crippen molar-refractivity contribution in [1.82, 2.24) is 9.88 Å². The fourth-order valence-corrected chi connectivity index (χ4v) is 0.873. The number of hydrogen-bond donors (Lipinski definition) is 0. The third kappa shape index (κ3) is 7.97. The van der Waals surface area contributed by atoms with Crippen molar-refractivity contribution < 1.29 is 4.79 Å². The fourth-order valence-electron chi connectivity index (χ4n) is 0.873. The zero-order valence-electron chi connectivity index (χ0n) is 11.3. The molecular weight excluding hydrogens is 200 g/mol. The molecule has 0 atom stereocenters. The largest absolute Gasteiger partial charge is 0.342 e. The number of carbonyl (C=O) groups excluding carboxylic acids is 1. The van der Waals surface area contributed by atoms with Crippen LogP contribution in [0.3, 0.4) is 0 Å². The summed E-state index contributed by atoms with van der Waals surface area (Å²) in [5, 5.41) is 0. The maximum Gasteiger partial charge on any atom is 0.219 e. The summed E-state index contributed by atoms with van der Waals surface area (Å²) in [6, 6.07) is 3.80. The number of rotatable bonds is 2. The predicted octanol–water partition coefficient (Wildman–Crippen LogP) is 3.11. The summed E-state index contributed by atoms with van der Waals surface area (Å²) >= 11 is 0. The Hall–Kier alpha value is -1.38. The van der Waals surface area contributed by atoms with Gasteiger partial charge >= 0.3 is 0 Å². The molecule has 1 heterocycles. The van der Waals surface area contributed by atoms with Gasteiger partial charge in [-0.2, -0.15) is 0 Å². The Morgan fingerprint density at radius 1 is 1.19 bits per heavy atom. The molecule has 16 heavy (non-hydrogen) atoms. The molecule has 0 aliphatic carbocycles. The third-order valence-corrected chi connectivity index (χ3v) is 1.71. The summed E-state index contributed by atoms with van der Waals surface area (Å²) in [4.78, 5) is 16.4. The lowest BCUT2D eigenvalue weighted by Crippen LogP contribution is -2.22. The topological polar surface area (TPSA) is 33.2 Å². The normalized spacial score (nSPS) is 7.88. The van der Waals surface area contributed by atoms with E-state index in [0.29, 0.717) is 6.54 Å². The lowest BCUT2D eigenvalue weighted by Gasteiger charge is -2.13. The second-order valence-electron chi connectivity index (χ2n) is 2.73. The molecule has 1 aromatic rings. The molecule has 1 amide bonds. The number of hydrogen-bond acceptors (Lipinski definition) is 2. The van der Waals surface area contributed by atoms with E-state index in [1.807, 2.05) is 39.8 Å². The van der Waals surface area contributed by atoms with E-state index in [9.17, 15) is 4.79 Å². The van der Waals surface area contributed by atoms with E-state index >= 15 is 0 Å². The number of aromatic nitrogens is 1. The van der Waals surface area contributed by atoms with Crippen molar-refractivity contribution in [3.63, 3.8) is 0 Å². The molecule has 0 saturated heterocycles. The Balaban J connectivity index is 0. The minimum absolute atomic E-state index is 0.0758. The van der Waals surface area contributed by atoms with Gasteiger partial charge in [0.1, 0.15) is 0 Å². The van der Waals surface area contributed by atoms with Crippen LogP contribution >= 0.6 is 0 Å². The third-order valence-electron chi connectivity index (χ3n) is 1.71. The van der Waals surface area contributed by atoms with Crippen LogP contribution in [-0.2, 0) is 11.3 Å². The molecule has 0 saturated carbocycles. The zero-order chi connectivity index (χ0) is 13.0. The first-order valence-corrected chi connectivity index (χ1v) is 5.81. The van der Waals surface area contributed by atoms with Gasteiger partial charge in [0.25, 0.3) is 0 Å². The van der Waals surface area contributed by atoms with Crippen LogP contribution in [-0.4, -0.2) is 22.8 Å². The van der Waals surface area contributed by atoms with Crippen LogP contribution in [0.15, 0.2) is 24.5 Å². The van der Waals surface area contributed by atoms with Gasteiger partial charge in [0.2, 0.25) is 5.91 Å². The highest BCUT2D eigenvalue weighted by molar-refractivity contribution is 5.72. The molecule has 0 fully saturated rings. The van der Waals surface area contributed by atoms with Gasteiger partial charge in [0, 0.05) is 32.9 Å². The molecule has 0 aliphatic heterocycles. The average molecular weight is 224 g/mol. The van der Waals surface area contributed by atoms with E-state index in [2.05, 4.69) is 4.98 Å². The smallest absolute Gasteiger partial charge is 0.219 e. The van der Waals surface area contributed by atoms with E-state index < -0.39 is 0 Å². The summed E-state index contributed by atoms with van der Waals surface area (Å²) in [7, 11) is 1.78. The minimum atomic E-state index is 0.0758. The lowest BCUT2D eigenvalue weighted by atomic mass is 10.2. The maximum absolute atomic E-state index is 10.9. The number of pyridine rings is 1. The first kappa shape index (κ1) is 17.0. The number of carbonyl (C=O) groups is 1. The molecule has 1 rings (SSSR count). The highest BCUT2D eigenvalue weighted by atomic mass is 16.2. The van der Waals surface area contributed by atoms with E-state index in [0.717, 1.165) is 5.56 Å². The van der Waals surface area contributed by atoms with Crippen molar-refractivity contribution in [3.05, 3.63) is 30.1 Å². The lowest BCUT2D eigenvalue weighted by molar-refractivity contribution is -0.128. The Kier molecular flexibility index (Phi) is 12.4. The van der Waals surface area contributed by atoms with E-state index in [-0.39, 0.29) is 5.91 Å². The van der Waals surface area contributed by atoms with Gasteiger partial charge in [-0.25, -0.2) is 0 Å². The molecule has 0 spiro atoms. The zero-order valence-corrected chi connectivity index (χ0v) is 11.3. The molecule has 3 heteroatoms. The molecular formula is C13H24N2O. The summed E-state index contributed by atoms with van der Waals surface area (Å²) in [5.41, 5.74) is 1.10. The number of amides is 1. The van der Waals surface area contributed by atoms with Crippen LogP contribution < -0.4 is 0 Å². The van der Waals surface area contributed by atoms with Crippen molar-refractivity contribution in [2.45, 2.75) is 41.2 Å². The van der Waals surface area contributed by atoms with Crippen LogP contribution in [0.2, 0.25) is 0 Å². The van der Waals surface area contributed by atoms with Gasteiger partial charge in [0.15, 0.2) is 0 Å². The molecule has 0 bridgehead atoms. The highest BCUT2D eigenvalue weighted by Gasteiger charge is 2.01. The van der Waals surface area contributed by atoms with Crippen LogP contribution in [0.5, 0.6) is 0 Å². The molecule has 0 aliphatic rings. The van der Waals surface area contributed by atoms with Crippen LogP contribution in [0, 0.1) is 0 Å². The van der Waals surface area contributed by atoms with Crippen molar-refractivity contribution in [1.29, 1.82) is 0 Å². The standard InChI is InChI=1S/C9H12N2O.2C2H6/c1-8(12)11(2)7-9-3-5-10-6-4-9;2*1-2/h3-6H,7H2,1-2H3;2*1-2H3. The predicted molar refractivity (Wildman–Crippen MR) is 69.1 cm³/mol. The van der Waals surface area contributed by atoms with Crippen LogP contribution in [0.25, 0.3) is 0 Å². The van der Waals surface area contributed by atoms with Gasteiger partial charge in [-0.1, -0.05) is 27.7 Å². The maximum atomic E-state index is 10.9. The average Bonchev–Trinajstić information content (AvgIpc) is 2.35. The monoisotopic (exact) mass is 224 g/mol. The van der Waals surface area contributed by atoms with Crippen LogP contribution in [0.4, 0.5) is 0 Å². The summed E-state index contributed by atoms with van der Waals surface area (Å²) in [6.07, 6.45) is 3.45. The van der Waals surface area contributed by atoms with E-state index in [1.54, 1.807) is 31.3 Å².